The lowest BCUT2D eigenvalue weighted by atomic mass is 9.87. The number of nitrogens with one attached hydrogen (secondary N) is 1. The second-order valence-electron chi connectivity index (χ2n) is 4.33. The molecular weight excluding hydrogens is 224 g/mol. The van der Waals surface area contributed by atoms with Crippen molar-refractivity contribution in [3.63, 3.8) is 0 Å². The summed E-state index contributed by atoms with van der Waals surface area (Å²) in [7, 11) is 0. The Labute approximate surface area is 101 Å². The maximum Gasteiger partial charge on any atom is 0.244 e. The van der Waals surface area contributed by atoms with Crippen LogP contribution in [0.15, 0.2) is 6.20 Å². The van der Waals surface area contributed by atoms with Gasteiger partial charge in [-0.05, 0) is 23.9 Å². The third-order valence-corrected chi connectivity index (χ3v) is 3.28. The average Bonchev–Trinajstić information content (AvgIpc) is 2.30. The molecule has 1 aliphatic rings. The quantitative estimate of drug-likeness (QED) is 0.879. The molecule has 0 aliphatic heterocycles. The number of halogens is 1. The van der Waals surface area contributed by atoms with E-state index in [1.165, 1.54) is 38.5 Å². The lowest BCUT2D eigenvalue weighted by molar-refractivity contribution is 0.345. The molecule has 1 aliphatic carbocycles. The molecule has 88 valence electrons. The van der Waals surface area contributed by atoms with Gasteiger partial charge in [-0.25, -0.2) is 0 Å². The normalized spacial score (nSPS) is 17.3. The van der Waals surface area contributed by atoms with Crippen molar-refractivity contribution in [2.75, 3.05) is 11.9 Å². The van der Waals surface area contributed by atoms with E-state index in [-0.39, 0.29) is 5.28 Å². The first kappa shape index (κ1) is 11.6. The van der Waals surface area contributed by atoms with Crippen molar-refractivity contribution in [1.29, 1.82) is 0 Å². The van der Waals surface area contributed by atoms with Gasteiger partial charge in [0.15, 0.2) is 0 Å². The van der Waals surface area contributed by atoms with E-state index in [1.807, 2.05) is 0 Å². The van der Waals surface area contributed by atoms with Crippen LogP contribution in [0.2, 0.25) is 5.28 Å². The lowest BCUT2D eigenvalue weighted by Gasteiger charge is -2.21. The molecule has 1 aromatic rings. The highest BCUT2D eigenvalue weighted by Gasteiger charge is 2.12. The summed E-state index contributed by atoms with van der Waals surface area (Å²) in [4.78, 5) is 4.04. The number of nitrogens with zero attached hydrogens (tertiary/aromatic N) is 3. The topological polar surface area (TPSA) is 50.7 Å². The van der Waals surface area contributed by atoms with Crippen LogP contribution in [0.25, 0.3) is 0 Å². The van der Waals surface area contributed by atoms with Gasteiger partial charge >= 0.3 is 0 Å². The van der Waals surface area contributed by atoms with Crippen LogP contribution in [0.3, 0.4) is 0 Å². The van der Waals surface area contributed by atoms with E-state index in [0.29, 0.717) is 0 Å². The highest BCUT2D eigenvalue weighted by molar-refractivity contribution is 6.28. The number of hydrogen-bond donors (Lipinski definition) is 1. The second kappa shape index (κ2) is 5.99. The molecule has 1 aromatic heterocycles. The first-order valence-corrected chi connectivity index (χ1v) is 6.31. The highest BCUT2D eigenvalue weighted by Crippen LogP contribution is 2.26. The van der Waals surface area contributed by atoms with Crippen LogP contribution in [-0.2, 0) is 0 Å². The summed E-state index contributed by atoms with van der Waals surface area (Å²) in [5.74, 6) is 1.60. The third-order valence-electron chi connectivity index (χ3n) is 3.12. The SMILES string of the molecule is Clc1nncc(NCCC2CCCCC2)n1. The standard InChI is InChI=1S/C11H17ClN4/c12-11-15-10(8-14-16-11)13-7-6-9-4-2-1-3-5-9/h8-9H,1-7H2,(H,13,15,16). The zero-order valence-electron chi connectivity index (χ0n) is 9.32. The third kappa shape index (κ3) is 3.59. The molecule has 4 nitrogen and oxygen atoms in total. The minimum Gasteiger partial charge on any atom is -0.369 e. The Kier molecular flexibility index (Phi) is 4.34. The van der Waals surface area contributed by atoms with Crippen molar-refractivity contribution < 1.29 is 0 Å². The molecule has 1 saturated carbocycles. The molecule has 0 amide bonds. The van der Waals surface area contributed by atoms with E-state index in [1.54, 1.807) is 6.20 Å². The van der Waals surface area contributed by atoms with E-state index in [9.17, 15) is 0 Å². The first-order chi connectivity index (χ1) is 7.84. The average molecular weight is 241 g/mol. The molecule has 1 N–H and O–H groups in total. The highest BCUT2D eigenvalue weighted by atomic mass is 35.5. The minimum absolute atomic E-state index is 0.197. The Morgan fingerprint density at radius 3 is 2.88 bits per heavy atom. The van der Waals surface area contributed by atoms with Gasteiger partial charge in [-0.3, -0.25) is 0 Å². The van der Waals surface area contributed by atoms with Crippen LogP contribution < -0.4 is 5.32 Å². The fraction of sp³-hybridized carbons (Fsp3) is 0.727. The van der Waals surface area contributed by atoms with Crippen molar-refractivity contribution in [2.45, 2.75) is 38.5 Å². The molecule has 0 saturated heterocycles. The van der Waals surface area contributed by atoms with Gasteiger partial charge in [-0.15, -0.1) is 5.10 Å². The molecule has 5 heteroatoms. The summed E-state index contributed by atoms with van der Waals surface area (Å²) < 4.78 is 0. The fourth-order valence-electron chi connectivity index (χ4n) is 2.25. The molecule has 0 bridgehead atoms. The summed E-state index contributed by atoms with van der Waals surface area (Å²) in [6.07, 6.45) is 9.77. The first-order valence-electron chi connectivity index (χ1n) is 5.93. The molecule has 0 atom stereocenters. The van der Waals surface area contributed by atoms with Crippen molar-refractivity contribution in [3.8, 4) is 0 Å². The Bertz CT molecular complexity index is 326. The van der Waals surface area contributed by atoms with Gasteiger partial charge in [0.25, 0.3) is 0 Å². The van der Waals surface area contributed by atoms with Crippen LogP contribution in [0.5, 0.6) is 0 Å². The van der Waals surface area contributed by atoms with Gasteiger partial charge in [-0.1, -0.05) is 32.1 Å². The second-order valence-corrected chi connectivity index (χ2v) is 4.67. The molecule has 1 fully saturated rings. The van der Waals surface area contributed by atoms with Gasteiger partial charge in [0, 0.05) is 6.54 Å². The molecular formula is C11H17ClN4. The Morgan fingerprint density at radius 2 is 2.12 bits per heavy atom. The number of aromatic nitrogens is 3. The van der Waals surface area contributed by atoms with Gasteiger partial charge in [0.05, 0.1) is 6.20 Å². The summed E-state index contributed by atoms with van der Waals surface area (Å²) in [5.41, 5.74) is 0. The van der Waals surface area contributed by atoms with Gasteiger partial charge in [0.2, 0.25) is 5.28 Å². The van der Waals surface area contributed by atoms with E-state index < -0.39 is 0 Å². The van der Waals surface area contributed by atoms with E-state index in [4.69, 9.17) is 11.6 Å². The van der Waals surface area contributed by atoms with Crippen LogP contribution in [0, 0.1) is 5.92 Å². The largest absolute Gasteiger partial charge is 0.369 e. The minimum atomic E-state index is 0.197. The number of hydrogen-bond acceptors (Lipinski definition) is 4. The Morgan fingerprint density at radius 1 is 1.31 bits per heavy atom. The van der Waals surface area contributed by atoms with E-state index in [2.05, 4.69) is 20.5 Å². The van der Waals surface area contributed by atoms with Gasteiger partial charge < -0.3 is 5.32 Å². The number of anilines is 1. The predicted octanol–water partition coefficient (Wildman–Crippen LogP) is 2.91. The molecule has 0 unspecified atom stereocenters. The summed E-state index contributed by atoms with van der Waals surface area (Å²) in [6, 6.07) is 0. The van der Waals surface area contributed by atoms with Crippen molar-refractivity contribution >= 4 is 17.4 Å². The zero-order chi connectivity index (χ0) is 11.2. The van der Waals surface area contributed by atoms with Crippen molar-refractivity contribution in [3.05, 3.63) is 11.5 Å². The maximum absolute atomic E-state index is 5.65. The van der Waals surface area contributed by atoms with E-state index in [0.717, 1.165) is 18.3 Å². The predicted molar refractivity (Wildman–Crippen MR) is 64.5 cm³/mol. The molecule has 0 spiro atoms. The van der Waals surface area contributed by atoms with E-state index >= 15 is 0 Å². The molecule has 2 rings (SSSR count). The maximum atomic E-state index is 5.65. The zero-order valence-corrected chi connectivity index (χ0v) is 10.1. The lowest BCUT2D eigenvalue weighted by Crippen LogP contribution is -2.13. The molecule has 1 heterocycles. The fourth-order valence-corrected chi connectivity index (χ4v) is 2.38. The molecule has 0 radical (unpaired) electrons. The van der Waals surface area contributed by atoms with Crippen molar-refractivity contribution in [2.24, 2.45) is 5.92 Å². The van der Waals surface area contributed by atoms with Gasteiger partial charge in [0.1, 0.15) is 5.82 Å². The van der Waals surface area contributed by atoms with Crippen LogP contribution in [0.1, 0.15) is 38.5 Å². The molecule has 0 aromatic carbocycles. The molecule has 16 heavy (non-hydrogen) atoms. The number of rotatable bonds is 4. The van der Waals surface area contributed by atoms with Crippen LogP contribution >= 0.6 is 11.6 Å². The summed E-state index contributed by atoms with van der Waals surface area (Å²) in [5, 5.41) is 10.8. The van der Waals surface area contributed by atoms with Crippen LogP contribution in [-0.4, -0.2) is 21.7 Å². The smallest absolute Gasteiger partial charge is 0.244 e. The van der Waals surface area contributed by atoms with Gasteiger partial charge in [-0.2, -0.15) is 10.1 Å². The van der Waals surface area contributed by atoms with Crippen molar-refractivity contribution in [1.82, 2.24) is 15.2 Å². The summed E-state index contributed by atoms with van der Waals surface area (Å²) in [6.45, 7) is 0.944. The Balaban J connectivity index is 1.71. The summed E-state index contributed by atoms with van der Waals surface area (Å²) >= 11 is 5.65. The Hall–Kier alpha value is -0.900. The monoisotopic (exact) mass is 240 g/mol. The van der Waals surface area contributed by atoms with Crippen LogP contribution in [0.4, 0.5) is 5.82 Å².